The molecule has 1 saturated heterocycles. The highest BCUT2D eigenvalue weighted by atomic mass is 16.6. The van der Waals surface area contributed by atoms with E-state index in [2.05, 4.69) is 15.2 Å². The van der Waals surface area contributed by atoms with Crippen LogP contribution in [0.5, 0.6) is 0 Å². The molecule has 160 valence electrons. The van der Waals surface area contributed by atoms with E-state index in [1.165, 1.54) is 10.6 Å². The van der Waals surface area contributed by atoms with Gasteiger partial charge >= 0.3 is 6.09 Å². The van der Waals surface area contributed by atoms with E-state index < -0.39 is 5.60 Å². The van der Waals surface area contributed by atoms with E-state index in [1.54, 1.807) is 36.5 Å². The largest absolute Gasteiger partial charge is 0.444 e. The molecule has 2 aromatic heterocycles. The summed E-state index contributed by atoms with van der Waals surface area (Å²) in [6, 6.07) is 6.45. The highest BCUT2D eigenvalue weighted by Crippen LogP contribution is 2.19. The van der Waals surface area contributed by atoms with Crippen LogP contribution < -0.4 is 15.8 Å². The van der Waals surface area contributed by atoms with E-state index in [4.69, 9.17) is 4.74 Å². The normalized spacial score (nSPS) is 14.4. The molecule has 0 aliphatic carbocycles. The first-order valence-corrected chi connectivity index (χ1v) is 9.79. The van der Waals surface area contributed by atoms with Gasteiger partial charge in [0.15, 0.2) is 0 Å². The van der Waals surface area contributed by atoms with Crippen LogP contribution in [0.2, 0.25) is 0 Å². The molecule has 1 fully saturated rings. The SMILES string of the molecule is Cn1ccc(C(=O)Nc2ccc(N3CCN(C(=O)OC(C)(C)C)CC3)cn2)cc1=O. The lowest BCUT2D eigenvalue weighted by atomic mass is 10.2. The Hall–Kier alpha value is -3.36. The van der Waals surface area contributed by atoms with Crippen LogP contribution in [0.25, 0.3) is 0 Å². The van der Waals surface area contributed by atoms with Gasteiger partial charge in [0.2, 0.25) is 0 Å². The van der Waals surface area contributed by atoms with E-state index in [0.717, 1.165) is 5.69 Å². The minimum Gasteiger partial charge on any atom is -0.444 e. The molecular weight excluding hydrogens is 386 g/mol. The number of carbonyl (C=O) groups is 2. The number of aryl methyl sites for hydroxylation is 1. The maximum atomic E-state index is 12.3. The molecule has 1 aliphatic heterocycles. The van der Waals surface area contributed by atoms with E-state index in [-0.39, 0.29) is 23.1 Å². The zero-order valence-corrected chi connectivity index (χ0v) is 17.7. The number of ether oxygens (including phenoxy) is 1. The number of aromatic nitrogens is 2. The lowest BCUT2D eigenvalue weighted by molar-refractivity contribution is 0.0240. The third-order valence-electron chi connectivity index (χ3n) is 4.65. The minimum absolute atomic E-state index is 0.253. The minimum atomic E-state index is -0.509. The lowest BCUT2D eigenvalue weighted by Crippen LogP contribution is -2.50. The summed E-state index contributed by atoms with van der Waals surface area (Å²) in [4.78, 5) is 44.3. The second-order valence-corrected chi connectivity index (χ2v) is 8.17. The van der Waals surface area contributed by atoms with Gasteiger partial charge in [0, 0.05) is 51.1 Å². The Morgan fingerprint density at radius 3 is 2.37 bits per heavy atom. The summed E-state index contributed by atoms with van der Waals surface area (Å²) >= 11 is 0. The molecule has 3 rings (SSSR count). The lowest BCUT2D eigenvalue weighted by Gasteiger charge is -2.36. The van der Waals surface area contributed by atoms with Gasteiger partial charge in [-0.25, -0.2) is 9.78 Å². The molecule has 30 heavy (non-hydrogen) atoms. The molecule has 2 aromatic rings. The van der Waals surface area contributed by atoms with Crippen LogP contribution in [-0.4, -0.2) is 58.2 Å². The molecule has 3 heterocycles. The monoisotopic (exact) mass is 413 g/mol. The molecule has 1 N–H and O–H groups in total. The quantitative estimate of drug-likeness (QED) is 0.828. The van der Waals surface area contributed by atoms with E-state index in [1.807, 2.05) is 26.8 Å². The zero-order valence-electron chi connectivity index (χ0n) is 17.7. The zero-order chi connectivity index (χ0) is 21.9. The molecule has 0 radical (unpaired) electrons. The number of hydrogen-bond donors (Lipinski definition) is 1. The molecule has 0 aromatic carbocycles. The highest BCUT2D eigenvalue weighted by molar-refractivity contribution is 6.03. The average Bonchev–Trinajstić information content (AvgIpc) is 2.69. The Morgan fingerprint density at radius 1 is 1.10 bits per heavy atom. The number of rotatable bonds is 3. The smallest absolute Gasteiger partial charge is 0.410 e. The summed E-state index contributed by atoms with van der Waals surface area (Å²) < 4.78 is 6.81. The Balaban J connectivity index is 1.56. The van der Waals surface area contributed by atoms with Crippen LogP contribution in [0.15, 0.2) is 41.5 Å². The average molecular weight is 413 g/mol. The van der Waals surface area contributed by atoms with Crippen LogP contribution >= 0.6 is 0 Å². The Bertz CT molecular complexity index is 970. The van der Waals surface area contributed by atoms with Crippen molar-refractivity contribution in [3.8, 4) is 0 Å². The second-order valence-electron chi connectivity index (χ2n) is 8.17. The Labute approximate surface area is 175 Å². The molecule has 0 bridgehead atoms. The summed E-state index contributed by atoms with van der Waals surface area (Å²) in [5.41, 5.74) is 0.426. The Kier molecular flexibility index (Phi) is 6.09. The van der Waals surface area contributed by atoms with E-state index in [0.29, 0.717) is 32.0 Å². The standard InChI is InChI=1S/C21H27N5O4/c1-21(2,3)30-20(29)26-11-9-25(10-12-26)16-5-6-17(22-14-16)23-19(28)15-7-8-24(4)18(27)13-15/h5-8,13-14H,9-12H2,1-4H3,(H,22,23,28). The summed E-state index contributed by atoms with van der Waals surface area (Å²) in [6.45, 7) is 8.02. The fourth-order valence-corrected chi connectivity index (χ4v) is 3.00. The van der Waals surface area contributed by atoms with Crippen LogP contribution in [0.3, 0.4) is 0 Å². The highest BCUT2D eigenvalue weighted by Gasteiger charge is 2.26. The van der Waals surface area contributed by atoms with Crippen molar-refractivity contribution < 1.29 is 14.3 Å². The van der Waals surface area contributed by atoms with Gasteiger partial charge in [-0.3, -0.25) is 9.59 Å². The number of nitrogens with one attached hydrogen (secondary N) is 1. The van der Waals surface area contributed by atoms with Crippen molar-refractivity contribution in [1.29, 1.82) is 0 Å². The van der Waals surface area contributed by atoms with Gasteiger partial charge in [0.05, 0.1) is 11.9 Å². The molecule has 2 amide bonds. The first-order valence-electron chi connectivity index (χ1n) is 9.79. The van der Waals surface area contributed by atoms with Gasteiger partial charge < -0.3 is 24.4 Å². The molecule has 0 atom stereocenters. The molecule has 9 nitrogen and oxygen atoms in total. The van der Waals surface area contributed by atoms with Crippen LogP contribution in [0.1, 0.15) is 31.1 Å². The number of amides is 2. The summed E-state index contributed by atoms with van der Waals surface area (Å²) in [7, 11) is 1.62. The van der Waals surface area contributed by atoms with Crippen molar-refractivity contribution in [2.75, 3.05) is 36.4 Å². The van der Waals surface area contributed by atoms with E-state index in [9.17, 15) is 14.4 Å². The van der Waals surface area contributed by atoms with Gasteiger partial charge in [-0.15, -0.1) is 0 Å². The third kappa shape index (κ3) is 5.37. The first kappa shape index (κ1) is 21.4. The number of pyridine rings is 2. The van der Waals surface area contributed by atoms with Gasteiger partial charge in [0.1, 0.15) is 11.4 Å². The number of hydrogen-bond acceptors (Lipinski definition) is 6. The van der Waals surface area contributed by atoms with Crippen LogP contribution in [0, 0.1) is 0 Å². The van der Waals surface area contributed by atoms with Gasteiger partial charge in [-0.2, -0.15) is 0 Å². The maximum absolute atomic E-state index is 12.3. The van der Waals surface area contributed by atoms with Gasteiger partial charge in [-0.1, -0.05) is 0 Å². The molecule has 0 spiro atoms. The van der Waals surface area contributed by atoms with Crippen molar-refractivity contribution in [1.82, 2.24) is 14.5 Å². The van der Waals surface area contributed by atoms with Crippen LogP contribution in [0.4, 0.5) is 16.3 Å². The second kappa shape index (κ2) is 8.56. The predicted octanol–water partition coefficient (Wildman–Crippen LogP) is 2.09. The van der Waals surface area contributed by atoms with Crippen molar-refractivity contribution in [3.05, 3.63) is 52.6 Å². The molecule has 0 saturated carbocycles. The molecule has 0 unspecified atom stereocenters. The number of nitrogens with zero attached hydrogens (tertiary/aromatic N) is 4. The maximum Gasteiger partial charge on any atom is 0.410 e. The number of carbonyl (C=O) groups excluding carboxylic acids is 2. The van der Waals surface area contributed by atoms with E-state index >= 15 is 0 Å². The first-order chi connectivity index (χ1) is 14.1. The molecular formula is C21H27N5O4. The predicted molar refractivity (Wildman–Crippen MR) is 114 cm³/mol. The third-order valence-corrected chi connectivity index (χ3v) is 4.65. The van der Waals surface area contributed by atoms with Gasteiger partial charge in [-0.05, 0) is 39.0 Å². The molecule has 1 aliphatic rings. The molecule has 9 heteroatoms. The summed E-state index contributed by atoms with van der Waals surface area (Å²) in [6.07, 6.45) is 2.93. The van der Waals surface area contributed by atoms with Crippen molar-refractivity contribution in [3.63, 3.8) is 0 Å². The van der Waals surface area contributed by atoms with Crippen molar-refractivity contribution in [2.45, 2.75) is 26.4 Å². The fourth-order valence-electron chi connectivity index (χ4n) is 3.00. The number of piperazine rings is 1. The Morgan fingerprint density at radius 2 is 1.80 bits per heavy atom. The van der Waals surface area contributed by atoms with Crippen molar-refractivity contribution in [2.24, 2.45) is 7.05 Å². The summed E-state index contributed by atoms with van der Waals surface area (Å²) in [5.74, 6) is 0.00995. The number of anilines is 2. The fraction of sp³-hybridized carbons (Fsp3) is 0.429. The van der Waals surface area contributed by atoms with Crippen LogP contribution in [-0.2, 0) is 11.8 Å². The van der Waals surface area contributed by atoms with Crippen molar-refractivity contribution >= 4 is 23.5 Å². The van der Waals surface area contributed by atoms with Gasteiger partial charge in [0.25, 0.3) is 11.5 Å². The topological polar surface area (TPSA) is 96.8 Å². The summed E-state index contributed by atoms with van der Waals surface area (Å²) in [5, 5.41) is 2.69.